The number of carbonyl (C=O) groups excluding carboxylic acids is 1. The van der Waals surface area contributed by atoms with E-state index in [1.807, 2.05) is 13.0 Å². The third kappa shape index (κ3) is 5.88. The van der Waals surface area contributed by atoms with Gasteiger partial charge in [-0.05, 0) is 63.6 Å². The van der Waals surface area contributed by atoms with Crippen LogP contribution >= 0.6 is 11.3 Å². The number of aromatic hydroxyl groups is 1. The molecule has 1 aromatic heterocycles. The molecule has 0 fully saturated rings. The van der Waals surface area contributed by atoms with Gasteiger partial charge in [0, 0.05) is 36.0 Å². The highest BCUT2D eigenvalue weighted by molar-refractivity contribution is 7.07. The molecule has 4 rings (SSSR count). The Morgan fingerprint density at radius 2 is 1.85 bits per heavy atom. The molecule has 1 atom stereocenters. The summed E-state index contributed by atoms with van der Waals surface area (Å²) in [5.74, 6) is 0.589. The number of carbonyl (C=O) groups is 1. The molecule has 0 bridgehead atoms. The van der Waals surface area contributed by atoms with Gasteiger partial charge in [-0.15, -0.1) is 0 Å². The number of rotatable bonds is 11. The summed E-state index contributed by atoms with van der Waals surface area (Å²) < 4.78 is 18.5. The Hall–Kier alpha value is -4.05. The maximum Gasteiger partial charge on any atom is 0.338 e. The summed E-state index contributed by atoms with van der Waals surface area (Å²) in [6, 6.07) is 9.87. The van der Waals surface area contributed by atoms with E-state index in [1.54, 1.807) is 57.6 Å². The average Bonchev–Trinajstić information content (AvgIpc) is 3.28. The SMILES string of the molecule is CCCC1=C(C(=O)OCC)[C@H](c2cc(OC)ccc2OC)n2c(s/c(=C\c3ccc(N(CC)CC)cc3O)c2=O)=N1. The van der Waals surface area contributed by atoms with Crippen molar-refractivity contribution >= 4 is 29.1 Å². The van der Waals surface area contributed by atoms with Crippen LogP contribution in [0.1, 0.15) is 57.7 Å². The van der Waals surface area contributed by atoms with Crippen molar-refractivity contribution in [1.29, 1.82) is 0 Å². The topological polar surface area (TPSA) is 103 Å². The molecule has 0 unspecified atom stereocenters. The van der Waals surface area contributed by atoms with E-state index in [4.69, 9.17) is 19.2 Å². The molecular weight excluding hydrogens is 542 g/mol. The van der Waals surface area contributed by atoms with E-state index in [0.29, 0.717) is 49.7 Å². The second kappa shape index (κ2) is 13.1. The third-order valence-corrected chi connectivity index (χ3v) is 8.04. The van der Waals surface area contributed by atoms with E-state index in [2.05, 4.69) is 18.7 Å². The lowest BCUT2D eigenvalue weighted by Crippen LogP contribution is -2.40. The first-order chi connectivity index (χ1) is 19.8. The van der Waals surface area contributed by atoms with Crippen LogP contribution in [0.2, 0.25) is 0 Å². The molecule has 2 aromatic carbocycles. The number of ether oxygens (including phenoxy) is 3. The zero-order chi connectivity index (χ0) is 29.7. The molecule has 218 valence electrons. The van der Waals surface area contributed by atoms with Gasteiger partial charge < -0.3 is 24.2 Å². The quantitative estimate of drug-likeness (QED) is 0.341. The van der Waals surface area contributed by atoms with E-state index in [9.17, 15) is 14.7 Å². The van der Waals surface area contributed by atoms with Crippen LogP contribution in [-0.4, -0.2) is 49.6 Å². The number of allylic oxidation sites excluding steroid dienone is 1. The molecule has 2 heterocycles. The van der Waals surface area contributed by atoms with Gasteiger partial charge in [0.2, 0.25) is 0 Å². The first kappa shape index (κ1) is 29.9. The number of phenols is 1. The summed E-state index contributed by atoms with van der Waals surface area (Å²) in [6.45, 7) is 9.66. The second-order valence-corrected chi connectivity index (χ2v) is 10.4. The van der Waals surface area contributed by atoms with Crippen molar-refractivity contribution in [3.8, 4) is 17.2 Å². The zero-order valence-electron chi connectivity index (χ0n) is 24.4. The highest BCUT2D eigenvalue weighted by Crippen LogP contribution is 2.38. The van der Waals surface area contributed by atoms with Crippen LogP contribution in [0.5, 0.6) is 17.2 Å². The molecule has 10 heteroatoms. The fourth-order valence-electron chi connectivity index (χ4n) is 5.05. The normalized spacial score (nSPS) is 14.9. The average molecular weight is 580 g/mol. The van der Waals surface area contributed by atoms with Crippen molar-refractivity contribution in [3.05, 3.63) is 78.5 Å². The maximum atomic E-state index is 14.1. The lowest BCUT2D eigenvalue weighted by atomic mass is 9.93. The molecule has 0 saturated carbocycles. The van der Waals surface area contributed by atoms with Gasteiger partial charge >= 0.3 is 5.97 Å². The summed E-state index contributed by atoms with van der Waals surface area (Å²) in [5.41, 5.74) is 2.52. The Kier molecular flexibility index (Phi) is 9.54. The largest absolute Gasteiger partial charge is 0.507 e. The number of fused-ring (bicyclic) bond motifs is 1. The van der Waals surface area contributed by atoms with Gasteiger partial charge in [0.15, 0.2) is 4.80 Å². The summed E-state index contributed by atoms with van der Waals surface area (Å²) in [5, 5.41) is 10.8. The summed E-state index contributed by atoms with van der Waals surface area (Å²) in [6.07, 6.45) is 2.93. The van der Waals surface area contributed by atoms with Crippen molar-refractivity contribution in [3.63, 3.8) is 0 Å². The van der Waals surface area contributed by atoms with Crippen LogP contribution in [0, 0.1) is 0 Å². The molecule has 0 amide bonds. The van der Waals surface area contributed by atoms with Crippen molar-refractivity contribution in [2.75, 3.05) is 38.8 Å². The van der Waals surface area contributed by atoms with Crippen LogP contribution in [0.3, 0.4) is 0 Å². The first-order valence-corrected chi connectivity index (χ1v) is 14.6. The van der Waals surface area contributed by atoms with E-state index < -0.39 is 12.0 Å². The first-order valence-electron chi connectivity index (χ1n) is 13.8. The lowest BCUT2D eigenvalue weighted by Gasteiger charge is -2.27. The predicted molar refractivity (Wildman–Crippen MR) is 161 cm³/mol. The van der Waals surface area contributed by atoms with Crippen LogP contribution in [0.15, 0.2) is 57.5 Å². The Labute approximate surface area is 243 Å². The van der Waals surface area contributed by atoms with Gasteiger partial charge in [0.05, 0.1) is 36.6 Å². The monoisotopic (exact) mass is 579 g/mol. The molecule has 9 nitrogen and oxygen atoms in total. The Balaban J connectivity index is 1.99. The molecule has 0 spiro atoms. The Morgan fingerprint density at radius 3 is 2.46 bits per heavy atom. The number of thiazole rings is 1. The Bertz CT molecular complexity index is 1630. The molecule has 0 radical (unpaired) electrons. The standard InChI is InChI=1S/C31H37N3O6S/c1-7-11-23-27(30(37)40-10-4)28(22-18-21(38-5)14-15-25(22)39-6)34-29(36)26(41-31(34)32-23)16-19-12-13-20(17-24(19)35)33(8-2)9-3/h12-18,28,35H,7-11H2,1-6H3/b26-16-/t28-/m0/s1. The third-order valence-electron chi connectivity index (χ3n) is 7.05. The number of benzene rings is 2. The summed E-state index contributed by atoms with van der Waals surface area (Å²) >= 11 is 1.21. The fourth-order valence-corrected chi connectivity index (χ4v) is 6.06. The number of hydrogen-bond donors (Lipinski definition) is 1. The van der Waals surface area contributed by atoms with Gasteiger partial charge in [-0.25, -0.2) is 9.79 Å². The molecule has 0 saturated heterocycles. The maximum absolute atomic E-state index is 14.1. The molecule has 1 aliphatic heterocycles. The number of hydrogen-bond acceptors (Lipinski definition) is 9. The summed E-state index contributed by atoms with van der Waals surface area (Å²) in [4.78, 5) is 34.9. The molecule has 1 N–H and O–H groups in total. The van der Waals surface area contributed by atoms with Gasteiger partial charge in [-0.1, -0.05) is 24.7 Å². The minimum Gasteiger partial charge on any atom is -0.507 e. The van der Waals surface area contributed by atoms with Gasteiger partial charge in [0.1, 0.15) is 23.3 Å². The van der Waals surface area contributed by atoms with Crippen LogP contribution in [-0.2, 0) is 9.53 Å². The zero-order valence-corrected chi connectivity index (χ0v) is 25.2. The van der Waals surface area contributed by atoms with Crippen molar-refractivity contribution in [1.82, 2.24) is 4.57 Å². The van der Waals surface area contributed by atoms with Gasteiger partial charge in [-0.3, -0.25) is 9.36 Å². The Morgan fingerprint density at radius 1 is 1.10 bits per heavy atom. The number of nitrogens with zero attached hydrogens (tertiary/aromatic N) is 3. The second-order valence-electron chi connectivity index (χ2n) is 9.44. The molecule has 3 aromatic rings. The van der Waals surface area contributed by atoms with E-state index in [-0.39, 0.29) is 17.9 Å². The molecular formula is C31H37N3O6S. The number of phenolic OH excluding ortho intramolecular Hbond substituents is 1. The molecule has 1 aliphatic rings. The fraction of sp³-hybridized carbons (Fsp3) is 0.387. The number of aromatic nitrogens is 1. The number of anilines is 1. The highest BCUT2D eigenvalue weighted by Gasteiger charge is 2.36. The minimum absolute atomic E-state index is 0.0742. The molecule has 0 aliphatic carbocycles. The number of esters is 1. The van der Waals surface area contributed by atoms with Crippen LogP contribution in [0.25, 0.3) is 6.08 Å². The van der Waals surface area contributed by atoms with Crippen LogP contribution < -0.4 is 29.3 Å². The minimum atomic E-state index is -0.849. The number of methoxy groups -OCH3 is 2. The van der Waals surface area contributed by atoms with E-state index in [0.717, 1.165) is 25.2 Å². The molecule has 41 heavy (non-hydrogen) atoms. The van der Waals surface area contributed by atoms with Gasteiger partial charge in [0.25, 0.3) is 5.56 Å². The van der Waals surface area contributed by atoms with E-state index in [1.165, 1.54) is 15.9 Å². The highest BCUT2D eigenvalue weighted by atomic mass is 32.1. The summed E-state index contributed by atoms with van der Waals surface area (Å²) in [7, 11) is 3.10. The predicted octanol–water partition coefficient (Wildman–Crippen LogP) is 4.15. The van der Waals surface area contributed by atoms with Crippen LogP contribution in [0.4, 0.5) is 5.69 Å². The lowest BCUT2D eigenvalue weighted by molar-refractivity contribution is -0.139. The smallest absolute Gasteiger partial charge is 0.338 e. The van der Waals surface area contributed by atoms with Gasteiger partial charge in [-0.2, -0.15) is 0 Å². The van der Waals surface area contributed by atoms with E-state index >= 15 is 0 Å². The van der Waals surface area contributed by atoms with Crippen molar-refractivity contribution in [2.24, 2.45) is 4.99 Å². The van der Waals surface area contributed by atoms with Crippen molar-refractivity contribution < 1.29 is 24.1 Å². The van der Waals surface area contributed by atoms with Crippen molar-refractivity contribution in [2.45, 2.75) is 46.6 Å².